The van der Waals surface area contributed by atoms with Gasteiger partial charge in [-0.05, 0) is 62.6 Å². The molecule has 1 N–H and O–H groups in total. The van der Waals surface area contributed by atoms with E-state index in [1.54, 1.807) is 14.2 Å². The SMILES string of the molecule is CCNCC1CCN(Cc2cc(OC)cc(OC)c2)CC1. The second-order valence-electron chi connectivity index (χ2n) is 5.75. The Morgan fingerprint density at radius 1 is 1.10 bits per heavy atom. The zero-order chi connectivity index (χ0) is 15.1. The third kappa shape index (κ3) is 4.90. The number of ether oxygens (including phenoxy) is 2. The van der Waals surface area contributed by atoms with E-state index in [-0.39, 0.29) is 0 Å². The van der Waals surface area contributed by atoms with E-state index in [1.165, 1.54) is 31.5 Å². The fourth-order valence-electron chi connectivity index (χ4n) is 2.91. The van der Waals surface area contributed by atoms with Crippen LogP contribution in [-0.2, 0) is 6.54 Å². The van der Waals surface area contributed by atoms with Crippen LogP contribution in [0.2, 0.25) is 0 Å². The van der Waals surface area contributed by atoms with Crippen molar-refractivity contribution in [2.24, 2.45) is 5.92 Å². The second-order valence-corrected chi connectivity index (χ2v) is 5.75. The fourth-order valence-corrected chi connectivity index (χ4v) is 2.91. The molecule has 1 aliphatic rings. The Morgan fingerprint density at radius 3 is 2.24 bits per heavy atom. The first-order valence-corrected chi connectivity index (χ1v) is 7.90. The predicted octanol–water partition coefficient (Wildman–Crippen LogP) is 2.53. The molecule has 0 bridgehead atoms. The molecular formula is C17H28N2O2. The molecule has 1 saturated heterocycles. The zero-order valence-electron chi connectivity index (χ0n) is 13.5. The van der Waals surface area contributed by atoms with Crippen molar-refractivity contribution in [3.8, 4) is 11.5 Å². The summed E-state index contributed by atoms with van der Waals surface area (Å²) in [6.07, 6.45) is 2.57. The van der Waals surface area contributed by atoms with E-state index < -0.39 is 0 Å². The van der Waals surface area contributed by atoms with Crippen LogP contribution in [0.1, 0.15) is 25.3 Å². The molecule has 1 fully saturated rings. The Hall–Kier alpha value is -1.26. The molecule has 4 nitrogen and oxygen atoms in total. The Morgan fingerprint density at radius 2 is 1.71 bits per heavy atom. The van der Waals surface area contributed by atoms with Crippen LogP contribution in [0.5, 0.6) is 11.5 Å². The minimum absolute atomic E-state index is 0.834. The maximum absolute atomic E-state index is 5.34. The largest absolute Gasteiger partial charge is 0.497 e. The topological polar surface area (TPSA) is 33.7 Å². The molecule has 0 radical (unpaired) electrons. The first-order valence-electron chi connectivity index (χ1n) is 7.90. The third-order valence-corrected chi connectivity index (χ3v) is 4.21. The van der Waals surface area contributed by atoms with Gasteiger partial charge in [0.25, 0.3) is 0 Å². The molecule has 2 rings (SSSR count). The van der Waals surface area contributed by atoms with E-state index in [9.17, 15) is 0 Å². The summed E-state index contributed by atoms with van der Waals surface area (Å²) >= 11 is 0. The predicted molar refractivity (Wildman–Crippen MR) is 86.1 cm³/mol. The Labute approximate surface area is 128 Å². The van der Waals surface area contributed by atoms with Crippen LogP contribution in [-0.4, -0.2) is 45.3 Å². The van der Waals surface area contributed by atoms with Gasteiger partial charge < -0.3 is 14.8 Å². The van der Waals surface area contributed by atoms with Crippen LogP contribution < -0.4 is 14.8 Å². The number of hydrogen-bond donors (Lipinski definition) is 1. The Bertz CT molecular complexity index is 407. The lowest BCUT2D eigenvalue weighted by atomic mass is 9.96. The average molecular weight is 292 g/mol. The highest BCUT2D eigenvalue weighted by Gasteiger charge is 2.19. The lowest BCUT2D eigenvalue weighted by Gasteiger charge is -2.32. The van der Waals surface area contributed by atoms with Gasteiger partial charge in [0.1, 0.15) is 11.5 Å². The van der Waals surface area contributed by atoms with Crippen LogP contribution >= 0.6 is 0 Å². The van der Waals surface area contributed by atoms with Gasteiger partial charge in [0.15, 0.2) is 0 Å². The number of nitrogens with one attached hydrogen (secondary N) is 1. The van der Waals surface area contributed by atoms with Crippen molar-refractivity contribution in [2.45, 2.75) is 26.3 Å². The average Bonchev–Trinajstić information content (AvgIpc) is 2.53. The maximum atomic E-state index is 5.34. The smallest absolute Gasteiger partial charge is 0.122 e. The molecular weight excluding hydrogens is 264 g/mol. The molecule has 1 aromatic carbocycles. The van der Waals surface area contributed by atoms with E-state index in [4.69, 9.17) is 9.47 Å². The Balaban J connectivity index is 1.88. The van der Waals surface area contributed by atoms with Gasteiger partial charge in [-0.15, -0.1) is 0 Å². The number of hydrogen-bond acceptors (Lipinski definition) is 4. The molecule has 1 heterocycles. The molecule has 0 amide bonds. The minimum Gasteiger partial charge on any atom is -0.497 e. The van der Waals surface area contributed by atoms with Crippen LogP contribution in [0.3, 0.4) is 0 Å². The third-order valence-electron chi connectivity index (χ3n) is 4.21. The summed E-state index contributed by atoms with van der Waals surface area (Å²) in [6, 6.07) is 6.13. The quantitative estimate of drug-likeness (QED) is 0.837. The number of rotatable bonds is 7. The number of methoxy groups -OCH3 is 2. The summed E-state index contributed by atoms with van der Waals surface area (Å²) in [5.74, 6) is 2.57. The van der Waals surface area contributed by atoms with Crippen molar-refractivity contribution in [3.63, 3.8) is 0 Å². The first-order chi connectivity index (χ1) is 10.2. The number of likely N-dealkylation sites (tertiary alicyclic amines) is 1. The Kier molecular flexibility index (Phi) is 6.33. The molecule has 118 valence electrons. The highest BCUT2D eigenvalue weighted by Crippen LogP contribution is 2.25. The van der Waals surface area contributed by atoms with E-state index in [2.05, 4.69) is 29.3 Å². The standard InChI is InChI=1S/C17H28N2O2/c1-4-18-12-14-5-7-19(8-6-14)13-15-9-16(20-2)11-17(10-15)21-3/h9-11,14,18H,4-8,12-13H2,1-3H3. The van der Waals surface area contributed by atoms with E-state index >= 15 is 0 Å². The molecule has 0 unspecified atom stereocenters. The first kappa shape index (κ1) is 16.1. The summed E-state index contributed by atoms with van der Waals surface area (Å²) in [5.41, 5.74) is 1.26. The van der Waals surface area contributed by atoms with Gasteiger partial charge in [-0.25, -0.2) is 0 Å². The van der Waals surface area contributed by atoms with Crippen molar-refractivity contribution in [1.82, 2.24) is 10.2 Å². The van der Waals surface area contributed by atoms with Crippen molar-refractivity contribution in [3.05, 3.63) is 23.8 Å². The second kappa shape index (κ2) is 8.25. The van der Waals surface area contributed by atoms with Crippen molar-refractivity contribution >= 4 is 0 Å². The van der Waals surface area contributed by atoms with Gasteiger partial charge in [0.2, 0.25) is 0 Å². The minimum atomic E-state index is 0.834. The van der Waals surface area contributed by atoms with Crippen LogP contribution in [0.4, 0.5) is 0 Å². The molecule has 1 aromatic rings. The summed E-state index contributed by atoms with van der Waals surface area (Å²) in [7, 11) is 3.40. The van der Waals surface area contributed by atoms with Crippen LogP contribution in [0.15, 0.2) is 18.2 Å². The number of nitrogens with zero attached hydrogens (tertiary/aromatic N) is 1. The normalized spacial score (nSPS) is 16.9. The van der Waals surface area contributed by atoms with Gasteiger partial charge in [-0.1, -0.05) is 6.92 Å². The highest BCUT2D eigenvalue weighted by molar-refractivity contribution is 5.38. The van der Waals surface area contributed by atoms with Gasteiger partial charge in [0.05, 0.1) is 14.2 Å². The molecule has 21 heavy (non-hydrogen) atoms. The monoisotopic (exact) mass is 292 g/mol. The summed E-state index contributed by atoms with van der Waals surface area (Å²) in [5, 5.41) is 3.46. The van der Waals surface area contributed by atoms with Gasteiger partial charge >= 0.3 is 0 Å². The lowest BCUT2D eigenvalue weighted by molar-refractivity contribution is 0.175. The highest BCUT2D eigenvalue weighted by atomic mass is 16.5. The van der Waals surface area contributed by atoms with Gasteiger partial charge in [-0.3, -0.25) is 4.90 Å². The fraction of sp³-hybridized carbons (Fsp3) is 0.647. The molecule has 0 aromatic heterocycles. The summed E-state index contributed by atoms with van der Waals surface area (Å²) in [4.78, 5) is 2.52. The number of piperidine rings is 1. The van der Waals surface area contributed by atoms with E-state index in [0.717, 1.165) is 37.1 Å². The lowest BCUT2D eigenvalue weighted by Crippen LogP contribution is -2.36. The molecule has 0 atom stereocenters. The van der Waals surface area contributed by atoms with Gasteiger partial charge in [0, 0.05) is 12.6 Å². The molecule has 1 aliphatic heterocycles. The molecule has 0 spiro atoms. The summed E-state index contributed by atoms with van der Waals surface area (Å²) in [6.45, 7) is 7.74. The molecule has 0 aliphatic carbocycles. The van der Waals surface area contributed by atoms with Crippen molar-refractivity contribution in [2.75, 3.05) is 40.4 Å². The van der Waals surface area contributed by atoms with E-state index in [0.29, 0.717) is 0 Å². The van der Waals surface area contributed by atoms with Crippen LogP contribution in [0.25, 0.3) is 0 Å². The molecule has 4 heteroatoms. The van der Waals surface area contributed by atoms with Crippen molar-refractivity contribution in [1.29, 1.82) is 0 Å². The zero-order valence-corrected chi connectivity index (χ0v) is 13.5. The van der Waals surface area contributed by atoms with E-state index in [1.807, 2.05) is 6.07 Å². The van der Waals surface area contributed by atoms with Gasteiger partial charge in [-0.2, -0.15) is 0 Å². The maximum Gasteiger partial charge on any atom is 0.122 e. The number of benzene rings is 1. The van der Waals surface area contributed by atoms with Crippen LogP contribution in [0, 0.1) is 5.92 Å². The summed E-state index contributed by atoms with van der Waals surface area (Å²) < 4.78 is 10.7. The molecule has 0 saturated carbocycles. The van der Waals surface area contributed by atoms with Crippen molar-refractivity contribution < 1.29 is 9.47 Å².